The van der Waals surface area contributed by atoms with Gasteiger partial charge in [0.15, 0.2) is 0 Å². The lowest BCUT2D eigenvalue weighted by molar-refractivity contribution is -0.290. The molecule has 0 fully saturated rings. The molecule has 0 amide bonds. The standard InChI is InChI=1S/C9H6Cl2F5N/c10-4-1-2-5(6(11)3-4)7(17)8(12,13)9(14,15)16/h1-3,7H,17H2/t7-/m0/s1. The van der Waals surface area contributed by atoms with Crippen molar-refractivity contribution in [3.63, 3.8) is 0 Å². The van der Waals surface area contributed by atoms with Gasteiger partial charge in [0.25, 0.3) is 0 Å². The molecular weight excluding hydrogens is 288 g/mol. The third-order valence-corrected chi connectivity index (χ3v) is 2.63. The molecule has 0 heterocycles. The average Bonchev–Trinajstić information content (AvgIpc) is 2.14. The van der Waals surface area contributed by atoms with Gasteiger partial charge >= 0.3 is 12.1 Å². The Morgan fingerprint density at radius 2 is 1.59 bits per heavy atom. The first-order chi connectivity index (χ1) is 7.57. The number of hydrogen-bond donors (Lipinski definition) is 1. The average molecular weight is 294 g/mol. The summed E-state index contributed by atoms with van der Waals surface area (Å²) in [6.45, 7) is 0. The van der Waals surface area contributed by atoms with Crippen molar-refractivity contribution in [3.8, 4) is 0 Å². The van der Waals surface area contributed by atoms with E-state index in [1.54, 1.807) is 0 Å². The van der Waals surface area contributed by atoms with Crippen molar-refractivity contribution in [2.75, 3.05) is 0 Å². The molecule has 8 heteroatoms. The predicted molar refractivity (Wildman–Crippen MR) is 54.4 cm³/mol. The van der Waals surface area contributed by atoms with Crippen molar-refractivity contribution in [1.29, 1.82) is 0 Å². The van der Waals surface area contributed by atoms with Gasteiger partial charge in [-0.1, -0.05) is 29.3 Å². The monoisotopic (exact) mass is 293 g/mol. The van der Waals surface area contributed by atoms with E-state index >= 15 is 0 Å². The quantitative estimate of drug-likeness (QED) is 0.813. The maximum Gasteiger partial charge on any atom is 0.455 e. The molecule has 0 saturated heterocycles. The van der Waals surface area contributed by atoms with Crippen molar-refractivity contribution in [2.24, 2.45) is 5.73 Å². The first kappa shape index (κ1) is 14.5. The van der Waals surface area contributed by atoms with E-state index in [-0.39, 0.29) is 10.0 Å². The van der Waals surface area contributed by atoms with Gasteiger partial charge in [-0.05, 0) is 17.7 Å². The summed E-state index contributed by atoms with van der Waals surface area (Å²) in [7, 11) is 0. The summed E-state index contributed by atoms with van der Waals surface area (Å²) in [5.74, 6) is -5.07. The summed E-state index contributed by atoms with van der Waals surface area (Å²) in [5, 5.41) is -0.227. The molecule has 96 valence electrons. The van der Waals surface area contributed by atoms with Crippen LogP contribution < -0.4 is 5.73 Å². The van der Waals surface area contributed by atoms with Crippen LogP contribution in [0.2, 0.25) is 10.0 Å². The Bertz CT molecular complexity index is 418. The highest BCUT2D eigenvalue weighted by atomic mass is 35.5. The Balaban J connectivity index is 3.17. The second kappa shape index (κ2) is 4.59. The van der Waals surface area contributed by atoms with Gasteiger partial charge < -0.3 is 5.73 Å². The first-order valence-corrected chi connectivity index (χ1v) is 4.98. The van der Waals surface area contributed by atoms with Crippen molar-refractivity contribution in [2.45, 2.75) is 18.1 Å². The molecule has 0 aliphatic carbocycles. The molecule has 0 aliphatic heterocycles. The highest BCUT2D eigenvalue weighted by Gasteiger charge is 2.61. The molecule has 1 rings (SSSR count). The van der Waals surface area contributed by atoms with E-state index in [0.29, 0.717) is 0 Å². The van der Waals surface area contributed by atoms with Crippen molar-refractivity contribution in [3.05, 3.63) is 33.8 Å². The minimum atomic E-state index is -5.74. The fourth-order valence-electron chi connectivity index (χ4n) is 1.13. The van der Waals surface area contributed by atoms with Gasteiger partial charge in [-0.3, -0.25) is 0 Å². The number of alkyl halides is 5. The number of halogens is 7. The molecule has 0 aliphatic rings. The Kier molecular flexibility index (Phi) is 3.91. The largest absolute Gasteiger partial charge is 0.455 e. The normalized spacial score (nSPS) is 14.8. The summed E-state index contributed by atoms with van der Waals surface area (Å²) in [6.07, 6.45) is -5.74. The molecule has 1 nitrogen and oxygen atoms in total. The maximum atomic E-state index is 12.9. The van der Waals surface area contributed by atoms with Crippen LogP contribution in [0.15, 0.2) is 18.2 Å². The lowest BCUT2D eigenvalue weighted by Crippen LogP contribution is -2.45. The molecule has 0 radical (unpaired) electrons. The van der Waals surface area contributed by atoms with Gasteiger partial charge in [-0.2, -0.15) is 22.0 Å². The van der Waals surface area contributed by atoms with Crippen LogP contribution in [0, 0.1) is 0 Å². The van der Waals surface area contributed by atoms with Crippen molar-refractivity contribution in [1.82, 2.24) is 0 Å². The fraction of sp³-hybridized carbons (Fsp3) is 0.333. The Hall–Kier alpha value is -0.590. The SMILES string of the molecule is N[C@@H](c1ccc(Cl)cc1Cl)C(F)(F)C(F)(F)F. The molecule has 2 N–H and O–H groups in total. The van der Waals surface area contributed by atoms with Gasteiger partial charge in [0.05, 0.1) is 0 Å². The highest BCUT2D eigenvalue weighted by molar-refractivity contribution is 6.35. The third kappa shape index (κ3) is 2.81. The maximum absolute atomic E-state index is 12.9. The molecule has 1 aromatic carbocycles. The highest BCUT2D eigenvalue weighted by Crippen LogP contribution is 2.44. The Morgan fingerprint density at radius 1 is 1.06 bits per heavy atom. The topological polar surface area (TPSA) is 26.0 Å². The summed E-state index contributed by atoms with van der Waals surface area (Å²) < 4.78 is 62.1. The van der Waals surface area contributed by atoms with Crippen LogP contribution in [0.3, 0.4) is 0 Å². The van der Waals surface area contributed by atoms with Crippen LogP contribution in [0.1, 0.15) is 11.6 Å². The number of hydrogen-bond acceptors (Lipinski definition) is 1. The summed E-state index contributed by atoms with van der Waals surface area (Å²) in [6, 6.07) is 0.543. The molecular formula is C9H6Cl2F5N. The molecule has 0 aromatic heterocycles. The third-order valence-electron chi connectivity index (χ3n) is 2.07. The zero-order valence-electron chi connectivity index (χ0n) is 8.03. The van der Waals surface area contributed by atoms with E-state index in [4.69, 9.17) is 28.9 Å². The van der Waals surface area contributed by atoms with Crippen LogP contribution in [0.4, 0.5) is 22.0 Å². The van der Waals surface area contributed by atoms with Gasteiger partial charge in [0.2, 0.25) is 0 Å². The van der Waals surface area contributed by atoms with Gasteiger partial charge in [0.1, 0.15) is 6.04 Å². The summed E-state index contributed by atoms with van der Waals surface area (Å²) in [4.78, 5) is 0. The summed E-state index contributed by atoms with van der Waals surface area (Å²) in [5.41, 5.74) is 4.40. The van der Waals surface area contributed by atoms with Crippen LogP contribution >= 0.6 is 23.2 Å². The molecule has 1 aromatic rings. The number of nitrogens with two attached hydrogens (primary N) is 1. The van der Waals surface area contributed by atoms with Crippen molar-refractivity contribution < 1.29 is 22.0 Å². The fourth-order valence-corrected chi connectivity index (χ4v) is 1.65. The van der Waals surface area contributed by atoms with E-state index in [9.17, 15) is 22.0 Å². The van der Waals surface area contributed by atoms with Gasteiger partial charge in [-0.15, -0.1) is 0 Å². The minimum Gasteiger partial charge on any atom is -0.319 e. The molecule has 0 saturated carbocycles. The van der Waals surface area contributed by atoms with Crippen LogP contribution in [-0.4, -0.2) is 12.1 Å². The van der Waals surface area contributed by atoms with E-state index < -0.39 is 23.7 Å². The first-order valence-electron chi connectivity index (χ1n) is 4.22. The lowest BCUT2D eigenvalue weighted by Gasteiger charge is -2.26. The summed E-state index contributed by atoms with van der Waals surface area (Å²) >= 11 is 11.0. The van der Waals surface area contributed by atoms with Crippen molar-refractivity contribution >= 4 is 23.2 Å². The van der Waals surface area contributed by atoms with Crippen LogP contribution in [0.25, 0.3) is 0 Å². The van der Waals surface area contributed by atoms with E-state index in [1.807, 2.05) is 0 Å². The number of benzene rings is 1. The van der Waals surface area contributed by atoms with E-state index in [1.165, 1.54) is 0 Å². The second-order valence-corrected chi connectivity index (χ2v) is 4.11. The van der Waals surface area contributed by atoms with Gasteiger partial charge in [0, 0.05) is 10.0 Å². The van der Waals surface area contributed by atoms with E-state index in [0.717, 1.165) is 18.2 Å². The zero-order chi connectivity index (χ0) is 13.4. The van der Waals surface area contributed by atoms with Crippen LogP contribution in [0.5, 0.6) is 0 Å². The second-order valence-electron chi connectivity index (χ2n) is 3.26. The molecule has 0 spiro atoms. The lowest BCUT2D eigenvalue weighted by atomic mass is 10.0. The van der Waals surface area contributed by atoms with Crippen LogP contribution in [-0.2, 0) is 0 Å². The molecule has 0 bridgehead atoms. The minimum absolute atomic E-state index is 0.112. The zero-order valence-corrected chi connectivity index (χ0v) is 9.54. The molecule has 17 heavy (non-hydrogen) atoms. The number of rotatable bonds is 2. The molecule has 1 atom stereocenters. The van der Waals surface area contributed by atoms with Gasteiger partial charge in [-0.25, -0.2) is 0 Å². The molecule has 0 unspecified atom stereocenters. The Morgan fingerprint density at radius 3 is 2.00 bits per heavy atom. The van der Waals surface area contributed by atoms with E-state index in [2.05, 4.69) is 0 Å². The smallest absolute Gasteiger partial charge is 0.319 e. The Labute approximate surface area is 103 Å². The predicted octanol–water partition coefficient (Wildman–Crippen LogP) is 4.19.